The van der Waals surface area contributed by atoms with Crippen LogP contribution in [0.2, 0.25) is 0 Å². The first-order valence-electron chi connectivity index (χ1n) is 5.44. The summed E-state index contributed by atoms with van der Waals surface area (Å²) in [4.78, 5) is 0. The number of rotatable bonds is 2. The Balaban J connectivity index is 3.30. The summed E-state index contributed by atoms with van der Waals surface area (Å²) < 4.78 is 5.77. The summed E-state index contributed by atoms with van der Waals surface area (Å²) in [5, 5.41) is 0. The summed E-state index contributed by atoms with van der Waals surface area (Å²) in [6, 6.07) is 8.44. The van der Waals surface area contributed by atoms with Crippen molar-refractivity contribution in [1.82, 2.24) is 0 Å². The van der Waals surface area contributed by atoms with E-state index in [2.05, 4.69) is 58.9 Å². The van der Waals surface area contributed by atoms with Crippen LogP contribution in [-0.4, -0.2) is 7.11 Å². The molecule has 15 heavy (non-hydrogen) atoms. The molecule has 1 unspecified atom stereocenters. The molecule has 0 heterocycles. The van der Waals surface area contributed by atoms with Gasteiger partial charge in [-0.2, -0.15) is 0 Å². The molecular formula is C14H22O. The van der Waals surface area contributed by atoms with Crippen molar-refractivity contribution in [2.24, 2.45) is 5.41 Å². The van der Waals surface area contributed by atoms with Crippen molar-refractivity contribution in [3.05, 3.63) is 35.4 Å². The minimum absolute atomic E-state index is 0.0772. The number of hydrogen-bond acceptors (Lipinski definition) is 1. The smallest absolute Gasteiger partial charge is 0.0950 e. The molecule has 1 nitrogen and oxygen atoms in total. The molecule has 1 rings (SSSR count). The average Bonchev–Trinajstić information content (AvgIpc) is 2.15. The van der Waals surface area contributed by atoms with E-state index in [0.717, 1.165) is 0 Å². The highest BCUT2D eigenvalue weighted by molar-refractivity contribution is 5.32. The van der Waals surface area contributed by atoms with Gasteiger partial charge in [0.15, 0.2) is 0 Å². The lowest BCUT2D eigenvalue weighted by atomic mass is 9.72. The van der Waals surface area contributed by atoms with E-state index in [1.54, 1.807) is 7.11 Å². The molecule has 0 bridgehead atoms. The van der Waals surface area contributed by atoms with E-state index in [1.807, 2.05) is 0 Å². The second-order valence-corrected chi connectivity index (χ2v) is 5.30. The number of hydrogen-bond donors (Lipinski definition) is 0. The monoisotopic (exact) mass is 206 g/mol. The van der Waals surface area contributed by atoms with Gasteiger partial charge in [0, 0.05) is 7.11 Å². The zero-order chi connectivity index (χ0) is 11.7. The highest BCUT2D eigenvalue weighted by Crippen LogP contribution is 2.42. The number of aryl methyl sites for hydroxylation is 1. The second kappa shape index (κ2) is 3.97. The maximum Gasteiger partial charge on any atom is 0.0950 e. The van der Waals surface area contributed by atoms with E-state index in [1.165, 1.54) is 11.1 Å². The van der Waals surface area contributed by atoms with E-state index < -0.39 is 0 Å². The first-order valence-corrected chi connectivity index (χ1v) is 5.44. The Labute approximate surface area is 93.5 Å². The Bertz CT molecular complexity index is 335. The van der Waals surface area contributed by atoms with Crippen LogP contribution in [0.3, 0.4) is 0 Å². The molecule has 84 valence electrons. The lowest BCUT2D eigenvalue weighted by molar-refractivity contribution is -0.0840. The van der Waals surface area contributed by atoms with Crippen molar-refractivity contribution in [3.63, 3.8) is 0 Å². The molecule has 0 aromatic heterocycles. The summed E-state index contributed by atoms with van der Waals surface area (Å²) >= 11 is 0. The van der Waals surface area contributed by atoms with Gasteiger partial charge >= 0.3 is 0 Å². The molecule has 0 N–H and O–H groups in total. The zero-order valence-corrected chi connectivity index (χ0v) is 10.7. The van der Waals surface area contributed by atoms with Crippen LogP contribution in [0.5, 0.6) is 0 Å². The van der Waals surface area contributed by atoms with Crippen LogP contribution in [0.25, 0.3) is 0 Å². The first kappa shape index (κ1) is 12.3. The quantitative estimate of drug-likeness (QED) is 0.713. The third-order valence-electron chi connectivity index (χ3n) is 3.50. The Kier molecular flexibility index (Phi) is 3.25. The second-order valence-electron chi connectivity index (χ2n) is 5.30. The van der Waals surface area contributed by atoms with Crippen LogP contribution in [0.4, 0.5) is 0 Å². The van der Waals surface area contributed by atoms with Gasteiger partial charge in [-0.05, 0) is 30.4 Å². The van der Waals surface area contributed by atoms with Crippen molar-refractivity contribution in [3.8, 4) is 0 Å². The van der Waals surface area contributed by atoms with Gasteiger partial charge in [0.1, 0.15) is 0 Å². The summed E-state index contributed by atoms with van der Waals surface area (Å²) in [7, 11) is 1.79. The maximum atomic E-state index is 5.77. The van der Waals surface area contributed by atoms with E-state index in [0.29, 0.717) is 0 Å². The van der Waals surface area contributed by atoms with Gasteiger partial charge in [-0.25, -0.2) is 0 Å². The molecule has 0 aliphatic heterocycles. The van der Waals surface area contributed by atoms with Crippen LogP contribution in [-0.2, 0) is 10.3 Å². The molecule has 1 heteroatoms. The molecule has 1 atom stereocenters. The van der Waals surface area contributed by atoms with Gasteiger partial charge in [-0.15, -0.1) is 0 Å². The maximum absolute atomic E-state index is 5.77. The fraction of sp³-hybridized carbons (Fsp3) is 0.571. The Morgan fingerprint density at radius 2 is 1.53 bits per heavy atom. The zero-order valence-electron chi connectivity index (χ0n) is 10.7. The van der Waals surface area contributed by atoms with Crippen molar-refractivity contribution >= 4 is 0 Å². The fourth-order valence-corrected chi connectivity index (χ4v) is 1.93. The molecule has 1 aromatic carbocycles. The summed E-state index contributed by atoms with van der Waals surface area (Å²) in [6.45, 7) is 10.9. The lowest BCUT2D eigenvalue weighted by Crippen LogP contribution is -2.39. The Hall–Kier alpha value is -0.820. The molecule has 0 spiro atoms. The first-order chi connectivity index (χ1) is 6.83. The Morgan fingerprint density at radius 1 is 1.00 bits per heavy atom. The predicted octanol–water partition coefficient (Wildman–Crippen LogP) is 3.90. The van der Waals surface area contributed by atoms with Crippen LogP contribution in [0, 0.1) is 12.3 Å². The molecule has 0 aliphatic rings. The molecule has 0 aliphatic carbocycles. The molecule has 0 radical (unpaired) electrons. The fourth-order valence-electron chi connectivity index (χ4n) is 1.93. The van der Waals surface area contributed by atoms with Crippen LogP contribution in [0.15, 0.2) is 24.3 Å². The van der Waals surface area contributed by atoms with Crippen molar-refractivity contribution in [1.29, 1.82) is 0 Å². The molecule has 0 fully saturated rings. The standard InChI is InChI=1S/C14H22O/c1-11-9-7-8-10-12(11)14(5,15-6)13(2,3)4/h7-10H,1-6H3. The third-order valence-corrected chi connectivity index (χ3v) is 3.50. The van der Waals surface area contributed by atoms with Gasteiger partial charge in [0.2, 0.25) is 0 Å². The van der Waals surface area contributed by atoms with E-state index in [9.17, 15) is 0 Å². The van der Waals surface area contributed by atoms with Crippen LogP contribution >= 0.6 is 0 Å². The lowest BCUT2D eigenvalue weighted by Gasteiger charge is -2.42. The molecule has 1 aromatic rings. The van der Waals surface area contributed by atoms with E-state index >= 15 is 0 Å². The molecule has 0 saturated heterocycles. The summed E-state index contributed by atoms with van der Waals surface area (Å²) in [5.74, 6) is 0. The van der Waals surface area contributed by atoms with E-state index in [-0.39, 0.29) is 11.0 Å². The molecule has 0 amide bonds. The topological polar surface area (TPSA) is 9.23 Å². The van der Waals surface area contributed by atoms with Gasteiger partial charge < -0.3 is 4.74 Å². The van der Waals surface area contributed by atoms with Gasteiger partial charge in [0.25, 0.3) is 0 Å². The third kappa shape index (κ3) is 2.07. The van der Waals surface area contributed by atoms with Crippen molar-refractivity contribution in [2.45, 2.75) is 40.2 Å². The van der Waals surface area contributed by atoms with Crippen LogP contribution in [0.1, 0.15) is 38.8 Å². The van der Waals surface area contributed by atoms with Gasteiger partial charge in [0.05, 0.1) is 5.60 Å². The largest absolute Gasteiger partial charge is 0.373 e. The van der Waals surface area contributed by atoms with Crippen LogP contribution < -0.4 is 0 Å². The highest BCUT2D eigenvalue weighted by atomic mass is 16.5. The summed E-state index contributed by atoms with van der Waals surface area (Å²) in [5.41, 5.74) is 2.41. The van der Waals surface area contributed by atoms with Gasteiger partial charge in [-0.1, -0.05) is 45.0 Å². The van der Waals surface area contributed by atoms with Crippen molar-refractivity contribution in [2.75, 3.05) is 7.11 Å². The van der Waals surface area contributed by atoms with Crippen molar-refractivity contribution < 1.29 is 4.74 Å². The molecular weight excluding hydrogens is 184 g/mol. The molecule has 0 saturated carbocycles. The predicted molar refractivity (Wildman–Crippen MR) is 65.0 cm³/mol. The summed E-state index contributed by atoms with van der Waals surface area (Å²) in [6.07, 6.45) is 0. The number of methoxy groups -OCH3 is 1. The minimum Gasteiger partial charge on any atom is -0.373 e. The SMILES string of the molecule is COC(C)(c1ccccc1C)C(C)(C)C. The normalized spacial score (nSPS) is 16.1. The van der Waals surface area contributed by atoms with Gasteiger partial charge in [-0.3, -0.25) is 0 Å². The number of benzene rings is 1. The minimum atomic E-state index is -0.238. The Morgan fingerprint density at radius 3 is 1.93 bits per heavy atom. The highest BCUT2D eigenvalue weighted by Gasteiger charge is 2.39. The number of ether oxygens (including phenoxy) is 1. The van der Waals surface area contributed by atoms with E-state index in [4.69, 9.17) is 4.74 Å². The average molecular weight is 206 g/mol.